The molecule has 1 amide bonds. The van der Waals surface area contributed by atoms with Crippen LogP contribution in [0.3, 0.4) is 0 Å². The number of benzene rings is 1. The Labute approximate surface area is 175 Å². The maximum atomic E-state index is 12.8. The van der Waals surface area contributed by atoms with E-state index in [4.69, 9.17) is 21.0 Å². The highest BCUT2D eigenvalue weighted by molar-refractivity contribution is 6.31. The molecule has 2 aromatic heterocycles. The average Bonchev–Trinajstić information content (AvgIpc) is 2.98. The Morgan fingerprint density at radius 1 is 1.14 bits per heavy atom. The number of nitrogens with one attached hydrogen (secondary N) is 1. The van der Waals surface area contributed by atoms with E-state index in [1.165, 1.54) is 0 Å². The van der Waals surface area contributed by atoms with Gasteiger partial charge in [-0.3, -0.25) is 4.79 Å². The first-order chi connectivity index (χ1) is 13.8. The summed E-state index contributed by atoms with van der Waals surface area (Å²) in [4.78, 5) is 24.2. The van der Waals surface area contributed by atoms with E-state index in [-0.39, 0.29) is 11.8 Å². The van der Waals surface area contributed by atoms with E-state index in [1.54, 1.807) is 0 Å². The summed E-state index contributed by atoms with van der Waals surface area (Å²) in [5, 5.41) is 4.68. The summed E-state index contributed by atoms with van der Waals surface area (Å²) in [5.74, 6) is 2.49. The molecule has 6 nitrogen and oxygen atoms in total. The Balaban J connectivity index is 1.49. The van der Waals surface area contributed by atoms with Gasteiger partial charge in [0.1, 0.15) is 17.4 Å². The number of hydrogen-bond acceptors (Lipinski definition) is 5. The predicted octanol–water partition coefficient (Wildman–Crippen LogP) is 4.96. The Bertz CT molecular complexity index is 1080. The van der Waals surface area contributed by atoms with Gasteiger partial charge >= 0.3 is 0 Å². The summed E-state index contributed by atoms with van der Waals surface area (Å²) < 4.78 is 5.80. The van der Waals surface area contributed by atoms with Crippen molar-refractivity contribution in [1.29, 1.82) is 0 Å². The van der Waals surface area contributed by atoms with E-state index in [0.717, 1.165) is 59.7 Å². The van der Waals surface area contributed by atoms with Crippen molar-refractivity contribution >= 4 is 40.1 Å². The Kier molecular flexibility index (Phi) is 5.21. The Morgan fingerprint density at radius 3 is 2.59 bits per heavy atom. The standard InChI is InChI=1S/C22H25ClN4O2/c1-12-14(3)29-22-19(12)20(24-15(4)25-22)27-10-8-16(9-11-27)21(28)26-18-7-5-6-17(23)13(18)2/h5-7,16H,8-11H2,1-4H3,(H,26,28). The van der Waals surface area contributed by atoms with Gasteiger partial charge in [-0.2, -0.15) is 4.98 Å². The van der Waals surface area contributed by atoms with Crippen molar-refractivity contribution in [2.24, 2.45) is 5.92 Å². The molecule has 152 valence electrons. The van der Waals surface area contributed by atoms with Crippen LogP contribution in [-0.4, -0.2) is 29.0 Å². The number of piperidine rings is 1. The topological polar surface area (TPSA) is 71.3 Å². The molecule has 0 atom stereocenters. The van der Waals surface area contributed by atoms with Crippen LogP contribution in [0.15, 0.2) is 22.6 Å². The molecule has 0 spiro atoms. The molecule has 7 heteroatoms. The Hall–Kier alpha value is -2.60. The third kappa shape index (κ3) is 3.69. The number of carbonyl (C=O) groups excluding carboxylic acids is 1. The van der Waals surface area contributed by atoms with E-state index in [2.05, 4.69) is 15.2 Å². The van der Waals surface area contributed by atoms with Crippen LogP contribution in [0.2, 0.25) is 5.02 Å². The minimum Gasteiger partial charge on any atom is -0.443 e. The summed E-state index contributed by atoms with van der Waals surface area (Å²) >= 11 is 6.17. The largest absolute Gasteiger partial charge is 0.443 e. The van der Waals surface area contributed by atoms with Crippen LogP contribution in [0.5, 0.6) is 0 Å². The molecule has 0 radical (unpaired) electrons. The van der Waals surface area contributed by atoms with E-state index in [0.29, 0.717) is 16.6 Å². The van der Waals surface area contributed by atoms with Gasteiger partial charge in [0.25, 0.3) is 0 Å². The van der Waals surface area contributed by atoms with Crippen molar-refractivity contribution in [3.8, 4) is 0 Å². The fraction of sp³-hybridized carbons (Fsp3) is 0.409. The molecule has 0 saturated carbocycles. The first-order valence-electron chi connectivity index (χ1n) is 9.90. The number of halogens is 1. The summed E-state index contributed by atoms with van der Waals surface area (Å²) in [5.41, 5.74) is 3.39. The molecular weight excluding hydrogens is 388 g/mol. The quantitative estimate of drug-likeness (QED) is 0.657. The highest BCUT2D eigenvalue weighted by Crippen LogP contribution is 2.33. The first-order valence-corrected chi connectivity index (χ1v) is 10.3. The van der Waals surface area contributed by atoms with Crippen LogP contribution in [0.4, 0.5) is 11.5 Å². The second kappa shape index (κ2) is 7.67. The van der Waals surface area contributed by atoms with Crippen molar-refractivity contribution in [3.63, 3.8) is 0 Å². The van der Waals surface area contributed by atoms with E-state index < -0.39 is 0 Å². The number of rotatable bonds is 3. The monoisotopic (exact) mass is 412 g/mol. The smallest absolute Gasteiger partial charge is 0.231 e. The number of aromatic nitrogens is 2. The molecule has 29 heavy (non-hydrogen) atoms. The zero-order valence-corrected chi connectivity index (χ0v) is 17.9. The SMILES string of the molecule is Cc1nc(N2CCC(C(=O)Nc3cccc(Cl)c3C)CC2)c2c(C)c(C)oc2n1. The van der Waals surface area contributed by atoms with Gasteiger partial charge in [-0.05, 0) is 58.2 Å². The molecule has 1 aromatic carbocycles. The maximum absolute atomic E-state index is 12.8. The van der Waals surface area contributed by atoms with Crippen LogP contribution in [0.1, 0.15) is 35.6 Å². The lowest BCUT2D eigenvalue weighted by atomic mass is 9.95. The predicted molar refractivity (Wildman–Crippen MR) is 116 cm³/mol. The van der Waals surface area contributed by atoms with E-state index >= 15 is 0 Å². The molecule has 4 rings (SSSR count). The highest BCUT2D eigenvalue weighted by atomic mass is 35.5. The second-order valence-corrected chi connectivity index (χ2v) is 8.13. The van der Waals surface area contributed by atoms with E-state index in [9.17, 15) is 4.79 Å². The van der Waals surface area contributed by atoms with E-state index in [1.807, 2.05) is 45.9 Å². The minimum absolute atomic E-state index is 0.0322. The van der Waals surface area contributed by atoms with Gasteiger partial charge in [-0.1, -0.05) is 17.7 Å². The number of fused-ring (bicyclic) bond motifs is 1. The van der Waals surface area contributed by atoms with Gasteiger partial charge < -0.3 is 14.6 Å². The molecule has 1 saturated heterocycles. The summed E-state index contributed by atoms with van der Waals surface area (Å²) in [6.45, 7) is 9.31. The summed E-state index contributed by atoms with van der Waals surface area (Å²) in [6, 6.07) is 5.57. The molecule has 0 aliphatic carbocycles. The van der Waals surface area contributed by atoms with Gasteiger partial charge in [0.15, 0.2) is 0 Å². The first kappa shape index (κ1) is 19.7. The third-order valence-electron chi connectivity index (χ3n) is 5.81. The lowest BCUT2D eigenvalue weighted by Gasteiger charge is -2.32. The zero-order valence-electron chi connectivity index (χ0n) is 17.2. The van der Waals surface area contributed by atoms with Crippen LogP contribution < -0.4 is 10.2 Å². The van der Waals surface area contributed by atoms with Gasteiger partial charge in [0.05, 0.1) is 5.39 Å². The molecule has 3 heterocycles. The molecule has 1 aliphatic rings. The number of aryl methyl sites for hydroxylation is 3. The number of furan rings is 1. The van der Waals surface area contributed by atoms with Crippen molar-refractivity contribution in [3.05, 3.63) is 45.9 Å². The van der Waals surface area contributed by atoms with Gasteiger partial charge in [0, 0.05) is 35.3 Å². The number of hydrogen-bond donors (Lipinski definition) is 1. The average molecular weight is 413 g/mol. The number of carbonyl (C=O) groups is 1. The Morgan fingerprint density at radius 2 is 1.86 bits per heavy atom. The molecule has 1 aliphatic heterocycles. The van der Waals surface area contributed by atoms with Crippen molar-refractivity contribution < 1.29 is 9.21 Å². The van der Waals surface area contributed by atoms with Crippen LogP contribution in [-0.2, 0) is 4.79 Å². The normalized spacial score (nSPS) is 15.1. The lowest BCUT2D eigenvalue weighted by molar-refractivity contribution is -0.120. The fourth-order valence-corrected chi connectivity index (χ4v) is 4.07. The number of anilines is 2. The third-order valence-corrected chi connectivity index (χ3v) is 6.22. The van der Waals surface area contributed by atoms with Crippen molar-refractivity contribution in [2.45, 2.75) is 40.5 Å². The van der Waals surface area contributed by atoms with Gasteiger partial charge in [-0.15, -0.1) is 0 Å². The van der Waals surface area contributed by atoms with Crippen molar-refractivity contribution in [2.75, 3.05) is 23.3 Å². The van der Waals surface area contributed by atoms with Crippen LogP contribution in [0.25, 0.3) is 11.1 Å². The molecule has 1 fully saturated rings. The van der Waals surface area contributed by atoms with Crippen LogP contribution in [0, 0.1) is 33.6 Å². The minimum atomic E-state index is -0.0322. The fourth-order valence-electron chi connectivity index (χ4n) is 3.89. The highest BCUT2D eigenvalue weighted by Gasteiger charge is 2.28. The molecular formula is C22H25ClN4O2. The van der Waals surface area contributed by atoms with Crippen LogP contribution >= 0.6 is 11.6 Å². The molecule has 3 aromatic rings. The number of nitrogens with zero attached hydrogens (tertiary/aromatic N) is 3. The second-order valence-electron chi connectivity index (χ2n) is 7.72. The number of amides is 1. The maximum Gasteiger partial charge on any atom is 0.231 e. The van der Waals surface area contributed by atoms with Crippen molar-refractivity contribution in [1.82, 2.24) is 9.97 Å². The van der Waals surface area contributed by atoms with Gasteiger partial charge in [0.2, 0.25) is 11.6 Å². The molecule has 0 bridgehead atoms. The lowest BCUT2D eigenvalue weighted by Crippen LogP contribution is -2.38. The zero-order chi connectivity index (χ0) is 20.7. The summed E-state index contributed by atoms with van der Waals surface area (Å²) in [7, 11) is 0. The van der Waals surface area contributed by atoms with Gasteiger partial charge in [-0.25, -0.2) is 4.98 Å². The molecule has 1 N–H and O–H groups in total. The summed E-state index contributed by atoms with van der Waals surface area (Å²) in [6.07, 6.45) is 1.54. The molecule has 0 unspecified atom stereocenters.